The molecule has 2 aromatic rings. The SMILES string of the molecule is CC(C)c1nncn1CCNC(=O)CC1CCOc2ccccc21. The Hall–Kier alpha value is -2.37. The van der Waals surface area contributed by atoms with Crippen LogP contribution in [0.1, 0.15) is 49.9 Å². The first kappa shape index (κ1) is 16.5. The normalized spacial score (nSPS) is 16.5. The number of carbonyl (C=O) groups is 1. The maximum absolute atomic E-state index is 12.3. The molecule has 1 aromatic carbocycles. The molecule has 128 valence electrons. The highest BCUT2D eigenvalue weighted by Gasteiger charge is 2.23. The van der Waals surface area contributed by atoms with Gasteiger partial charge in [0.15, 0.2) is 0 Å². The average molecular weight is 328 g/mol. The number of amides is 1. The van der Waals surface area contributed by atoms with Gasteiger partial charge in [-0.05, 0) is 24.0 Å². The van der Waals surface area contributed by atoms with Crippen molar-refractivity contribution in [2.45, 2.75) is 45.1 Å². The zero-order valence-corrected chi connectivity index (χ0v) is 14.2. The number of carbonyl (C=O) groups excluding carboxylic acids is 1. The van der Waals surface area contributed by atoms with Crippen LogP contribution >= 0.6 is 0 Å². The van der Waals surface area contributed by atoms with Crippen LogP contribution in [0.3, 0.4) is 0 Å². The molecule has 3 rings (SSSR count). The molecule has 6 heteroatoms. The highest BCUT2D eigenvalue weighted by molar-refractivity contribution is 5.77. The van der Waals surface area contributed by atoms with Gasteiger partial charge in [0.25, 0.3) is 0 Å². The van der Waals surface area contributed by atoms with E-state index in [0.717, 1.165) is 23.6 Å². The van der Waals surface area contributed by atoms with Gasteiger partial charge in [-0.2, -0.15) is 0 Å². The predicted molar refractivity (Wildman–Crippen MR) is 91.0 cm³/mol. The fourth-order valence-electron chi connectivity index (χ4n) is 3.12. The molecule has 1 unspecified atom stereocenters. The Morgan fingerprint density at radius 3 is 3.08 bits per heavy atom. The van der Waals surface area contributed by atoms with Gasteiger partial charge in [0, 0.05) is 25.4 Å². The van der Waals surface area contributed by atoms with Gasteiger partial charge < -0.3 is 14.6 Å². The average Bonchev–Trinajstić information content (AvgIpc) is 3.04. The van der Waals surface area contributed by atoms with E-state index in [2.05, 4.69) is 35.4 Å². The Bertz CT molecular complexity index is 696. The fraction of sp³-hybridized carbons (Fsp3) is 0.500. The predicted octanol–water partition coefficient (Wildman–Crippen LogP) is 2.47. The number of hydrogen-bond acceptors (Lipinski definition) is 4. The van der Waals surface area contributed by atoms with Crippen molar-refractivity contribution >= 4 is 5.91 Å². The lowest BCUT2D eigenvalue weighted by Crippen LogP contribution is -2.30. The van der Waals surface area contributed by atoms with E-state index in [0.29, 0.717) is 32.0 Å². The third kappa shape index (κ3) is 3.75. The molecule has 6 nitrogen and oxygen atoms in total. The Morgan fingerprint density at radius 1 is 1.42 bits per heavy atom. The van der Waals surface area contributed by atoms with Crippen molar-refractivity contribution in [3.8, 4) is 5.75 Å². The molecule has 1 aromatic heterocycles. The van der Waals surface area contributed by atoms with Crippen LogP contribution in [0.15, 0.2) is 30.6 Å². The zero-order valence-electron chi connectivity index (χ0n) is 14.2. The van der Waals surface area contributed by atoms with Crippen molar-refractivity contribution in [2.75, 3.05) is 13.2 Å². The first-order valence-electron chi connectivity index (χ1n) is 8.51. The summed E-state index contributed by atoms with van der Waals surface area (Å²) in [7, 11) is 0. The molecule has 0 saturated carbocycles. The summed E-state index contributed by atoms with van der Waals surface area (Å²) in [4.78, 5) is 12.3. The molecular weight excluding hydrogens is 304 g/mol. The topological polar surface area (TPSA) is 69.0 Å². The van der Waals surface area contributed by atoms with Crippen LogP contribution in [0.4, 0.5) is 0 Å². The minimum Gasteiger partial charge on any atom is -0.493 e. The summed E-state index contributed by atoms with van der Waals surface area (Å²) in [6.45, 7) is 6.12. The van der Waals surface area contributed by atoms with E-state index in [1.165, 1.54) is 0 Å². The Kier molecular flexibility index (Phi) is 5.13. The van der Waals surface area contributed by atoms with Crippen LogP contribution in [-0.4, -0.2) is 33.8 Å². The van der Waals surface area contributed by atoms with Gasteiger partial charge in [0.2, 0.25) is 5.91 Å². The summed E-state index contributed by atoms with van der Waals surface area (Å²) < 4.78 is 7.65. The zero-order chi connectivity index (χ0) is 16.9. The highest BCUT2D eigenvalue weighted by Crippen LogP contribution is 2.35. The molecule has 0 saturated heterocycles. The third-order valence-electron chi connectivity index (χ3n) is 4.35. The van der Waals surface area contributed by atoms with Crippen molar-refractivity contribution < 1.29 is 9.53 Å². The van der Waals surface area contributed by atoms with E-state index < -0.39 is 0 Å². The number of para-hydroxylation sites is 1. The lowest BCUT2D eigenvalue weighted by molar-refractivity contribution is -0.121. The number of benzene rings is 1. The molecule has 1 N–H and O–H groups in total. The molecule has 24 heavy (non-hydrogen) atoms. The molecule has 0 fully saturated rings. The van der Waals surface area contributed by atoms with Crippen molar-refractivity contribution in [1.29, 1.82) is 0 Å². The summed E-state index contributed by atoms with van der Waals surface area (Å²) in [6, 6.07) is 7.99. The Labute approximate surface area is 142 Å². The smallest absolute Gasteiger partial charge is 0.220 e. The largest absolute Gasteiger partial charge is 0.493 e. The molecule has 0 aliphatic carbocycles. The quantitative estimate of drug-likeness (QED) is 0.884. The number of nitrogens with zero attached hydrogens (tertiary/aromatic N) is 3. The van der Waals surface area contributed by atoms with Gasteiger partial charge >= 0.3 is 0 Å². The number of ether oxygens (including phenoxy) is 1. The maximum atomic E-state index is 12.3. The van der Waals surface area contributed by atoms with E-state index in [4.69, 9.17) is 4.74 Å². The number of aromatic nitrogens is 3. The van der Waals surface area contributed by atoms with Crippen molar-refractivity contribution in [3.05, 3.63) is 42.0 Å². The summed E-state index contributed by atoms with van der Waals surface area (Å²) in [6.07, 6.45) is 3.10. The maximum Gasteiger partial charge on any atom is 0.220 e. The van der Waals surface area contributed by atoms with Crippen molar-refractivity contribution in [2.24, 2.45) is 0 Å². The van der Waals surface area contributed by atoms with Gasteiger partial charge in [0.05, 0.1) is 6.61 Å². The van der Waals surface area contributed by atoms with E-state index >= 15 is 0 Å². The second-order valence-electron chi connectivity index (χ2n) is 6.46. The monoisotopic (exact) mass is 328 g/mol. The summed E-state index contributed by atoms with van der Waals surface area (Å²) in [5, 5.41) is 11.1. The van der Waals surface area contributed by atoms with Crippen LogP contribution < -0.4 is 10.1 Å². The lowest BCUT2D eigenvalue weighted by atomic mass is 9.90. The third-order valence-corrected chi connectivity index (χ3v) is 4.35. The van der Waals surface area contributed by atoms with Gasteiger partial charge in [-0.15, -0.1) is 10.2 Å². The summed E-state index contributed by atoms with van der Waals surface area (Å²) >= 11 is 0. The molecule has 0 bridgehead atoms. The minimum atomic E-state index is 0.0795. The van der Waals surface area contributed by atoms with E-state index in [1.54, 1.807) is 6.33 Å². The van der Waals surface area contributed by atoms with Crippen LogP contribution in [0, 0.1) is 0 Å². The van der Waals surface area contributed by atoms with E-state index in [9.17, 15) is 4.79 Å². The standard InChI is InChI=1S/C18H24N4O2/c1-13(2)18-21-20-12-22(18)9-8-19-17(23)11-14-7-10-24-16-6-4-3-5-15(14)16/h3-6,12-14H,7-11H2,1-2H3,(H,19,23). The van der Waals surface area contributed by atoms with Crippen molar-refractivity contribution in [3.63, 3.8) is 0 Å². The van der Waals surface area contributed by atoms with E-state index in [1.807, 2.05) is 22.8 Å². The number of fused-ring (bicyclic) bond motifs is 1. The Morgan fingerprint density at radius 2 is 2.25 bits per heavy atom. The highest BCUT2D eigenvalue weighted by atomic mass is 16.5. The molecule has 0 radical (unpaired) electrons. The molecule has 1 atom stereocenters. The van der Waals surface area contributed by atoms with Crippen LogP contribution in [0.2, 0.25) is 0 Å². The number of rotatable bonds is 6. The van der Waals surface area contributed by atoms with Crippen LogP contribution in [-0.2, 0) is 11.3 Å². The molecule has 0 spiro atoms. The van der Waals surface area contributed by atoms with Gasteiger partial charge in [-0.25, -0.2) is 0 Å². The summed E-state index contributed by atoms with van der Waals surface area (Å²) in [5.74, 6) is 2.49. The van der Waals surface area contributed by atoms with Crippen LogP contribution in [0.25, 0.3) is 0 Å². The van der Waals surface area contributed by atoms with Crippen LogP contribution in [0.5, 0.6) is 5.75 Å². The molecule has 2 heterocycles. The molecular formula is C18H24N4O2. The first-order valence-corrected chi connectivity index (χ1v) is 8.51. The lowest BCUT2D eigenvalue weighted by Gasteiger charge is -2.25. The van der Waals surface area contributed by atoms with Gasteiger partial charge in [-0.3, -0.25) is 4.79 Å². The minimum absolute atomic E-state index is 0.0795. The van der Waals surface area contributed by atoms with Gasteiger partial charge in [-0.1, -0.05) is 32.0 Å². The molecule has 1 amide bonds. The van der Waals surface area contributed by atoms with Gasteiger partial charge in [0.1, 0.15) is 17.9 Å². The fourth-order valence-corrected chi connectivity index (χ4v) is 3.12. The Balaban J connectivity index is 1.51. The number of nitrogens with one attached hydrogen (secondary N) is 1. The van der Waals surface area contributed by atoms with Crippen molar-refractivity contribution in [1.82, 2.24) is 20.1 Å². The van der Waals surface area contributed by atoms with E-state index in [-0.39, 0.29) is 11.8 Å². The first-order chi connectivity index (χ1) is 11.6. The second-order valence-corrected chi connectivity index (χ2v) is 6.46. The summed E-state index contributed by atoms with van der Waals surface area (Å²) in [5.41, 5.74) is 1.14. The molecule has 1 aliphatic rings. The second kappa shape index (κ2) is 7.47. The number of hydrogen-bond donors (Lipinski definition) is 1. The molecule has 1 aliphatic heterocycles.